The van der Waals surface area contributed by atoms with Gasteiger partial charge in [0, 0.05) is 27.1 Å². The lowest BCUT2D eigenvalue weighted by Gasteiger charge is -2.09. The van der Waals surface area contributed by atoms with E-state index >= 15 is 0 Å². The number of nitrogens with two attached hydrogens (primary N) is 1. The van der Waals surface area contributed by atoms with E-state index in [0.29, 0.717) is 20.9 Å². The van der Waals surface area contributed by atoms with E-state index in [-0.39, 0.29) is 5.69 Å². The molecule has 0 unspecified atom stereocenters. The van der Waals surface area contributed by atoms with Crippen molar-refractivity contribution < 1.29 is 10.0 Å². The summed E-state index contributed by atoms with van der Waals surface area (Å²) in [4.78, 5) is 15.5. The average molecular weight is 296 g/mol. The van der Waals surface area contributed by atoms with Crippen molar-refractivity contribution in [1.29, 1.82) is 0 Å². The summed E-state index contributed by atoms with van der Waals surface area (Å²) < 4.78 is 0.708. The van der Waals surface area contributed by atoms with Crippen molar-refractivity contribution in [3.63, 3.8) is 0 Å². The van der Waals surface area contributed by atoms with Crippen molar-refractivity contribution in [3.05, 3.63) is 34.1 Å². The van der Waals surface area contributed by atoms with Crippen LogP contribution in [0, 0.1) is 6.92 Å². The Morgan fingerprint density at radius 1 is 1.53 bits per heavy atom. The number of rotatable bonds is 1. The summed E-state index contributed by atoms with van der Waals surface area (Å²) in [5.74, 6) is -0.660. The Morgan fingerprint density at radius 3 is 2.88 bits per heavy atom. The lowest BCUT2D eigenvalue weighted by Crippen LogP contribution is -2.20. The van der Waals surface area contributed by atoms with Crippen molar-refractivity contribution in [2.24, 2.45) is 0 Å². The van der Waals surface area contributed by atoms with E-state index < -0.39 is 5.91 Å². The summed E-state index contributed by atoms with van der Waals surface area (Å²) in [5.41, 5.74) is 9.11. The van der Waals surface area contributed by atoms with Crippen molar-refractivity contribution in [1.82, 2.24) is 10.5 Å². The molecule has 1 aromatic carbocycles. The van der Waals surface area contributed by atoms with Crippen LogP contribution < -0.4 is 11.2 Å². The van der Waals surface area contributed by atoms with Gasteiger partial charge in [0.1, 0.15) is 5.69 Å². The zero-order chi connectivity index (χ0) is 12.6. The van der Waals surface area contributed by atoms with Gasteiger partial charge in [0.05, 0.1) is 0 Å². The normalized spacial score (nSPS) is 10.5. The highest BCUT2D eigenvalue weighted by molar-refractivity contribution is 9.10. The maximum atomic E-state index is 11.5. The molecule has 0 radical (unpaired) electrons. The molecule has 1 heterocycles. The maximum absolute atomic E-state index is 11.5. The molecule has 17 heavy (non-hydrogen) atoms. The van der Waals surface area contributed by atoms with Crippen LogP contribution in [0.25, 0.3) is 10.8 Å². The summed E-state index contributed by atoms with van der Waals surface area (Å²) in [6, 6.07) is 3.61. The second kappa shape index (κ2) is 4.31. The minimum atomic E-state index is -0.660. The molecule has 6 heteroatoms. The number of hydrogen-bond donors (Lipinski definition) is 3. The molecule has 4 N–H and O–H groups in total. The number of carbonyl (C=O) groups is 1. The number of benzene rings is 1. The highest BCUT2D eigenvalue weighted by Gasteiger charge is 2.14. The fourth-order valence-electron chi connectivity index (χ4n) is 1.76. The number of nitrogen functional groups attached to an aromatic ring is 1. The third-order valence-corrected chi connectivity index (χ3v) is 3.03. The smallest absolute Gasteiger partial charge is 0.293 e. The molecule has 0 aliphatic heterocycles. The van der Waals surface area contributed by atoms with Gasteiger partial charge in [0.25, 0.3) is 5.91 Å². The van der Waals surface area contributed by atoms with Crippen molar-refractivity contribution in [2.45, 2.75) is 6.92 Å². The summed E-state index contributed by atoms with van der Waals surface area (Å²) in [5, 5.41) is 9.99. The molecular formula is C11H10BrN3O2. The van der Waals surface area contributed by atoms with Gasteiger partial charge in [-0.2, -0.15) is 0 Å². The van der Waals surface area contributed by atoms with Crippen LogP contribution >= 0.6 is 15.9 Å². The van der Waals surface area contributed by atoms with Gasteiger partial charge < -0.3 is 5.73 Å². The van der Waals surface area contributed by atoms with Crippen molar-refractivity contribution >= 4 is 38.3 Å². The highest BCUT2D eigenvalue weighted by Crippen LogP contribution is 2.31. The highest BCUT2D eigenvalue weighted by atomic mass is 79.9. The first-order chi connectivity index (χ1) is 8.04. The number of fused-ring (bicyclic) bond motifs is 1. The van der Waals surface area contributed by atoms with Gasteiger partial charge in [-0.25, -0.2) is 10.5 Å². The molecule has 0 aliphatic rings. The lowest BCUT2D eigenvalue weighted by molar-refractivity contribution is 0.0703. The van der Waals surface area contributed by atoms with E-state index in [0.717, 1.165) is 5.56 Å². The van der Waals surface area contributed by atoms with E-state index in [1.54, 1.807) is 11.5 Å². The Balaban J connectivity index is 2.89. The average Bonchev–Trinajstić information content (AvgIpc) is 2.27. The fraction of sp³-hybridized carbons (Fsp3) is 0.0909. The molecule has 2 aromatic rings. The molecule has 5 nitrogen and oxygen atoms in total. The first kappa shape index (κ1) is 11.8. The van der Waals surface area contributed by atoms with Crippen molar-refractivity contribution in [2.75, 3.05) is 5.73 Å². The van der Waals surface area contributed by atoms with Gasteiger partial charge in [-0.15, -0.1) is 0 Å². The monoisotopic (exact) mass is 295 g/mol. The van der Waals surface area contributed by atoms with Crippen LogP contribution in [-0.4, -0.2) is 16.1 Å². The van der Waals surface area contributed by atoms with Crippen LogP contribution in [0.1, 0.15) is 16.1 Å². The number of anilines is 1. The molecule has 0 spiro atoms. The Bertz CT molecular complexity index is 613. The molecule has 0 saturated carbocycles. The number of carbonyl (C=O) groups excluding carboxylic acids is 1. The van der Waals surface area contributed by atoms with Crippen LogP contribution in [0.3, 0.4) is 0 Å². The number of nitrogens with zero attached hydrogens (tertiary/aromatic N) is 1. The third kappa shape index (κ3) is 1.96. The van der Waals surface area contributed by atoms with E-state index in [1.807, 2.05) is 13.0 Å². The minimum absolute atomic E-state index is 0.140. The molecule has 0 saturated heterocycles. The van der Waals surface area contributed by atoms with Gasteiger partial charge in [-0.05, 0) is 40.5 Å². The number of hydroxylamine groups is 1. The third-order valence-electron chi connectivity index (χ3n) is 2.43. The van der Waals surface area contributed by atoms with Gasteiger partial charge in [-0.3, -0.25) is 10.0 Å². The number of halogens is 1. The number of amides is 1. The van der Waals surface area contributed by atoms with Crippen LogP contribution in [-0.2, 0) is 0 Å². The molecule has 2 rings (SSSR count). The number of aryl methyl sites for hydroxylation is 1. The molecule has 88 valence electrons. The minimum Gasteiger partial charge on any atom is -0.398 e. The van der Waals surface area contributed by atoms with Crippen LogP contribution in [0.4, 0.5) is 5.69 Å². The Labute approximate surface area is 106 Å². The Kier molecular flexibility index (Phi) is 2.99. The molecule has 0 atom stereocenters. The summed E-state index contributed by atoms with van der Waals surface area (Å²) >= 11 is 3.34. The predicted octanol–water partition coefficient (Wildman–Crippen LogP) is 2.01. The summed E-state index contributed by atoms with van der Waals surface area (Å²) in [6.45, 7) is 1.87. The van der Waals surface area contributed by atoms with Gasteiger partial charge >= 0.3 is 0 Å². The summed E-state index contributed by atoms with van der Waals surface area (Å²) in [7, 11) is 0. The molecule has 0 fully saturated rings. The lowest BCUT2D eigenvalue weighted by atomic mass is 10.0. The SMILES string of the molecule is Cc1cc(N)c2c(Br)cnc(C(=O)NO)c2c1. The zero-order valence-electron chi connectivity index (χ0n) is 8.99. The number of nitrogens with one attached hydrogen (secondary N) is 1. The second-order valence-corrected chi connectivity index (χ2v) is 4.53. The number of aromatic nitrogens is 1. The standard InChI is InChI=1S/C11H10BrN3O2/c1-5-2-6-9(8(13)3-5)7(12)4-14-10(6)11(16)15-17/h2-4,17H,13H2,1H3,(H,15,16). The molecule has 0 aliphatic carbocycles. The molecule has 1 amide bonds. The Morgan fingerprint density at radius 2 is 2.24 bits per heavy atom. The van der Waals surface area contributed by atoms with E-state index in [4.69, 9.17) is 10.9 Å². The van der Waals surface area contributed by atoms with E-state index in [1.165, 1.54) is 6.20 Å². The quantitative estimate of drug-likeness (QED) is 0.427. The van der Waals surface area contributed by atoms with Crippen molar-refractivity contribution in [3.8, 4) is 0 Å². The summed E-state index contributed by atoms with van der Waals surface area (Å²) in [6.07, 6.45) is 1.48. The van der Waals surface area contributed by atoms with E-state index in [9.17, 15) is 4.79 Å². The van der Waals surface area contributed by atoms with Crippen LogP contribution in [0.5, 0.6) is 0 Å². The maximum Gasteiger partial charge on any atom is 0.293 e. The first-order valence-corrected chi connectivity index (χ1v) is 5.62. The van der Waals surface area contributed by atoms with E-state index in [2.05, 4.69) is 20.9 Å². The van der Waals surface area contributed by atoms with Gasteiger partial charge in [0.2, 0.25) is 0 Å². The predicted molar refractivity (Wildman–Crippen MR) is 67.8 cm³/mol. The van der Waals surface area contributed by atoms with Crippen LogP contribution in [0.2, 0.25) is 0 Å². The number of hydrogen-bond acceptors (Lipinski definition) is 4. The van der Waals surface area contributed by atoms with Gasteiger partial charge in [-0.1, -0.05) is 0 Å². The molecule has 1 aromatic heterocycles. The fourth-order valence-corrected chi connectivity index (χ4v) is 2.30. The van der Waals surface area contributed by atoms with Crippen LogP contribution in [0.15, 0.2) is 22.8 Å². The molecule has 0 bridgehead atoms. The second-order valence-electron chi connectivity index (χ2n) is 3.67. The first-order valence-electron chi connectivity index (χ1n) is 4.83. The topological polar surface area (TPSA) is 88.2 Å². The molecular weight excluding hydrogens is 286 g/mol. The van der Waals surface area contributed by atoms with Gasteiger partial charge in [0.15, 0.2) is 0 Å². The zero-order valence-corrected chi connectivity index (χ0v) is 10.6. The largest absolute Gasteiger partial charge is 0.398 e. The number of pyridine rings is 1. The Hall–Kier alpha value is -1.66.